The largest absolute Gasteiger partial charge is 0.497 e. The molecule has 0 saturated carbocycles. The van der Waals surface area contributed by atoms with E-state index in [4.69, 9.17) is 16.2 Å². The number of ether oxygens (including phenoxy) is 2. The Labute approximate surface area is 117 Å². The Morgan fingerprint density at radius 1 is 1.20 bits per heavy atom. The fraction of sp³-hybridized carbons (Fsp3) is 0.308. The second-order valence-corrected chi connectivity index (χ2v) is 3.49. The molecule has 7 nitrogen and oxygen atoms in total. The van der Waals surface area contributed by atoms with E-state index in [1.807, 2.05) is 0 Å². The number of hydrogen-bond donors (Lipinski definition) is 2. The van der Waals surface area contributed by atoms with Crippen molar-refractivity contribution in [2.75, 3.05) is 13.7 Å². The van der Waals surface area contributed by atoms with Gasteiger partial charge in [0.1, 0.15) is 5.75 Å². The molecule has 4 N–H and O–H groups in total. The number of hydrogen-bond acceptors (Lipinski definition) is 4. The molecule has 0 atom stereocenters. The van der Waals surface area contributed by atoms with Gasteiger partial charge in [-0.1, -0.05) is 0 Å². The van der Waals surface area contributed by atoms with E-state index in [9.17, 15) is 9.59 Å². The molecule has 0 heterocycles. The SMILES string of the molecule is CCOC(C)=O.COc1ccc(C(=O)N=C(N)N)cc1. The summed E-state index contributed by atoms with van der Waals surface area (Å²) in [6.07, 6.45) is 0. The average molecular weight is 281 g/mol. The summed E-state index contributed by atoms with van der Waals surface area (Å²) in [6.45, 7) is 3.65. The van der Waals surface area contributed by atoms with Crippen molar-refractivity contribution in [1.82, 2.24) is 0 Å². The number of carbonyl (C=O) groups is 2. The quantitative estimate of drug-likeness (QED) is 0.478. The zero-order chi connectivity index (χ0) is 15.5. The van der Waals surface area contributed by atoms with Gasteiger partial charge in [0.2, 0.25) is 0 Å². The summed E-state index contributed by atoms with van der Waals surface area (Å²) < 4.78 is 9.34. The predicted molar refractivity (Wildman–Crippen MR) is 75.4 cm³/mol. The van der Waals surface area contributed by atoms with E-state index < -0.39 is 5.91 Å². The highest BCUT2D eigenvalue weighted by Gasteiger charge is 2.03. The molecule has 0 saturated heterocycles. The number of nitrogens with two attached hydrogens (primary N) is 2. The van der Waals surface area contributed by atoms with Crippen molar-refractivity contribution in [3.63, 3.8) is 0 Å². The molecule has 0 aliphatic heterocycles. The number of esters is 1. The highest BCUT2D eigenvalue weighted by molar-refractivity contribution is 6.01. The Morgan fingerprint density at radius 2 is 1.75 bits per heavy atom. The van der Waals surface area contributed by atoms with E-state index in [0.29, 0.717) is 17.9 Å². The zero-order valence-corrected chi connectivity index (χ0v) is 11.8. The fourth-order valence-electron chi connectivity index (χ4n) is 1.12. The van der Waals surface area contributed by atoms with Gasteiger partial charge in [0.05, 0.1) is 13.7 Å². The third kappa shape index (κ3) is 7.70. The van der Waals surface area contributed by atoms with Crippen molar-refractivity contribution < 1.29 is 19.1 Å². The predicted octanol–water partition coefficient (Wildman–Crippen LogP) is 0.678. The lowest BCUT2D eigenvalue weighted by atomic mass is 10.2. The lowest BCUT2D eigenvalue weighted by Gasteiger charge is -1.99. The van der Waals surface area contributed by atoms with E-state index in [1.54, 1.807) is 38.3 Å². The highest BCUT2D eigenvalue weighted by atomic mass is 16.5. The van der Waals surface area contributed by atoms with Crippen LogP contribution in [-0.4, -0.2) is 31.6 Å². The van der Waals surface area contributed by atoms with Gasteiger partial charge in [0.15, 0.2) is 5.96 Å². The fourth-order valence-corrected chi connectivity index (χ4v) is 1.12. The van der Waals surface area contributed by atoms with Crippen LogP contribution in [0.2, 0.25) is 0 Å². The Morgan fingerprint density at radius 3 is 2.05 bits per heavy atom. The number of nitrogens with zero attached hydrogens (tertiary/aromatic N) is 1. The van der Waals surface area contributed by atoms with Crippen LogP contribution in [-0.2, 0) is 9.53 Å². The second-order valence-electron chi connectivity index (χ2n) is 3.49. The Hall–Kier alpha value is -2.57. The van der Waals surface area contributed by atoms with Gasteiger partial charge in [-0.3, -0.25) is 9.59 Å². The Kier molecular flexibility index (Phi) is 8.17. The number of amides is 1. The molecule has 0 bridgehead atoms. The van der Waals surface area contributed by atoms with Gasteiger partial charge in [-0.15, -0.1) is 0 Å². The lowest BCUT2D eigenvalue weighted by Crippen LogP contribution is -2.24. The number of rotatable bonds is 3. The van der Waals surface area contributed by atoms with Crippen molar-refractivity contribution in [2.45, 2.75) is 13.8 Å². The van der Waals surface area contributed by atoms with Crippen molar-refractivity contribution in [3.05, 3.63) is 29.8 Å². The summed E-state index contributed by atoms with van der Waals surface area (Å²) in [6, 6.07) is 6.51. The standard InChI is InChI=1S/C9H11N3O2.C4H8O2/c1-14-7-4-2-6(3-5-7)8(13)12-9(10)11;1-3-6-4(2)5/h2-5H,1H3,(H4,10,11,12,13);3H2,1-2H3. The maximum atomic E-state index is 11.3. The van der Waals surface area contributed by atoms with E-state index in [-0.39, 0.29) is 11.9 Å². The maximum Gasteiger partial charge on any atom is 0.302 e. The third-order valence-corrected chi connectivity index (χ3v) is 1.92. The average Bonchev–Trinajstić information content (AvgIpc) is 2.38. The highest BCUT2D eigenvalue weighted by Crippen LogP contribution is 2.11. The minimum Gasteiger partial charge on any atom is -0.497 e. The lowest BCUT2D eigenvalue weighted by molar-refractivity contribution is -0.140. The van der Waals surface area contributed by atoms with E-state index >= 15 is 0 Å². The van der Waals surface area contributed by atoms with Crippen LogP contribution in [0.1, 0.15) is 24.2 Å². The molecule has 1 aromatic rings. The molecule has 7 heteroatoms. The van der Waals surface area contributed by atoms with E-state index in [0.717, 1.165) is 0 Å². The number of carbonyl (C=O) groups excluding carboxylic acids is 2. The smallest absolute Gasteiger partial charge is 0.302 e. The van der Waals surface area contributed by atoms with Gasteiger partial charge in [0.25, 0.3) is 5.91 Å². The molecule has 1 amide bonds. The summed E-state index contributed by atoms with van der Waals surface area (Å²) >= 11 is 0. The van der Waals surface area contributed by atoms with Crippen LogP contribution >= 0.6 is 0 Å². The number of methoxy groups -OCH3 is 1. The van der Waals surface area contributed by atoms with Crippen LogP contribution in [0.3, 0.4) is 0 Å². The molecule has 20 heavy (non-hydrogen) atoms. The number of benzene rings is 1. The van der Waals surface area contributed by atoms with Gasteiger partial charge in [-0.05, 0) is 31.2 Å². The van der Waals surface area contributed by atoms with Crippen molar-refractivity contribution in [3.8, 4) is 5.75 Å². The first-order valence-corrected chi connectivity index (χ1v) is 5.82. The van der Waals surface area contributed by atoms with Gasteiger partial charge >= 0.3 is 5.97 Å². The monoisotopic (exact) mass is 281 g/mol. The van der Waals surface area contributed by atoms with E-state index in [2.05, 4.69) is 9.73 Å². The first kappa shape index (κ1) is 17.4. The Bertz CT molecular complexity index is 465. The minimum absolute atomic E-state index is 0.211. The van der Waals surface area contributed by atoms with Gasteiger partial charge < -0.3 is 20.9 Å². The van der Waals surface area contributed by atoms with Crippen LogP contribution in [0.15, 0.2) is 29.3 Å². The van der Waals surface area contributed by atoms with Gasteiger partial charge in [0, 0.05) is 12.5 Å². The number of guanidine groups is 1. The first-order chi connectivity index (χ1) is 9.40. The summed E-state index contributed by atoms with van der Waals surface area (Å²) in [7, 11) is 1.55. The Balaban J connectivity index is 0.000000511. The van der Waals surface area contributed by atoms with Crippen LogP contribution in [0.4, 0.5) is 0 Å². The van der Waals surface area contributed by atoms with Crippen LogP contribution in [0.25, 0.3) is 0 Å². The molecule has 110 valence electrons. The molecular formula is C13H19N3O4. The van der Waals surface area contributed by atoms with Crippen molar-refractivity contribution >= 4 is 17.8 Å². The molecular weight excluding hydrogens is 262 g/mol. The summed E-state index contributed by atoms with van der Waals surface area (Å²) in [5.41, 5.74) is 10.6. The van der Waals surface area contributed by atoms with Crippen LogP contribution in [0, 0.1) is 0 Å². The third-order valence-electron chi connectivity index (χ3n) is 1.92. The van der Waals surface area contributed by atoms with Crippen LogP contribution in [0.5, 0.6) is 5.75 Å². The normalized spacial score (nSPS) is 8.75. The van der Waals surface area contributed by atoms with Gasteiger partial charge in [-0.2, -0.15) is 4.99 Å². The number of aliphatic imine (C=N–C) groups is 1. The molecule has 0 aromatic heterocycles. The van der Waals surface area contributed by atoms with Gasteiger partial charge in [-0.25, -0.2) is 0 Å². The minimum atomic E-state index is -0.465. The molecule has 0 aliphatic rings. The summed E-state index contributed by atoms with van der Waals surface area (Å²) in [5.74, 6) is -0.248. The summed E-state index contributed by atoms with van der Waals surface area (Å²) in [4.78, 5) is 24.5. The van der Waals surface area contributed by atoms with Crippen LogP contribution < -0.4 is 16.2 Å². The molecule has 0 radical (unpaired) electrons. The topological polar surface area (TPSA) is 117 Å². The zero-order valence-electron chi connectivity index (χ0n) is 11.8. The van der Waals surface area contributed by atoms with Crippen molar-refractivity contribution in [1.29, 1.82) is 0 Å². The molecule has 0 fully saturated rings. The second kappa shape index (κ2) is 9.37. The first-order valence-electron chi connectivity index (χ1n) is 5.82. The molecule has 1 aromatic carbocycles. The maximum absolute atomic E-state index is 11.3. The molecule has 0 aliphatic carbocycles. The molecule has 1 rings (SSSR count). The van der Waals surface area contributed by atoms with Crippen molar-refractivity contribution in [2.24, 2.45) is 16.5 Å². The summed E-state index contributed by atoms with van der Waals surface area (Å²) in [5, 5.41) is 0. The van der Waals surface area contributed by atoms with E-state index in [1.165, 1.54) is 6.92 Å². The molecule has 0 unspecified atom stereocenters. The molecule has 0 spiro atoms.